The maximum Gasteiger partial charge on any atom is 0.364 e. The Morgan fingerprint density at radius 3 is 2.86 bits per heavy atom. The Morgan fingerprint density at radius 2 is 2.14 bits per heavy atom. The molecule has 0 N–H and O–H groups in total. The first-order chi connectivity index (χ1) is 10.0. The van der Waals surface area contributed by atoms with Gasteiger partial charge in [0.05, 0.1) is 17.2 Å². The molecule has 0 radical (unpaired) electrons. The monoisotopic (exact) mass is 319 g/mol. The van der Waals surface area contributed by atoms with Gasteiger partial charge < -0.3 is 4.55 Å². The third kappa shape index (κ3) is 2.40. The highest BCUT2D eigenvalue weighted by Gasteiger charge is 2.38. The highest BCUT2D eigenvalue weighted by Crippen LogP contribution is 2.40. The minimum Gasteiger partial charge on any atom is -0.607 e. The summed E-state index contributed by atoms with van der Waals surface area (Å²) in [6.45, 7) is 0. The maximum absolute atomic E-state index is 13.9. The van der Waals surface area contributed by atoms with E-state index in [1.54, 1.807) is 0 Å². The van der Waals surface area contributed by atoms with Crippen LogP contribution in [0, 0.1) is 11.6 Å². The van der Waals surface area contributed by atoms with Crippen LogP contribution in [0.2, 0.25) is 0 Å². The molecule has 0 saturated carbocycles. The van der Waals surface area contributed by atoms with Gasteiger partial charge in [-0.05, 0) is 18.2 Å². The predicted molar refractivity (Wildman–Crippen MR) is 65.4 cm³/mol. The van der Waals surface area contributed by atoms with Crippen molar-refractivity contribution in [3.63, 3.8) is 0 Å². The van der Waals surface area contributed by atoms with Crippen LogP contribution in [0.4, 0.5) is 17.6 Å². The van der Waals surface area contributed by atoms with Gasteiger partial charge in [-0.15, -0.1) is 5.10 Å². The van der Waals surface area contributed by atoms with E-state index in [-0.39, 0.29) is 23.0 Å². The normalized spacial score (nSPS) is 22.3. The summed E-state index contributed by atoms with van der Waals surface area (Å²) in [5, 5.41) is 3.43. The van der Waals surface area contributed by atoms with Gasteiger partial charge in [-0.3, -0.25) is 0 Å². The van der Waals surface area contributed by atoms with Gasteiger partial charge in [0.2, 0.25) is 0 Å². The molecule has 2 heterocycles. The Labute approximate surface area is 120 Å². The van der Waals surface area contributed by atoms with Crippen LogP contribution in [0.3, 0.4) is 0 Å². The molecule has 0 unspecified atom stereocenters. The van der Waals surface area contributed by atoms with E-state index in [4.69, 9.17) is 0 Å². The average molecular weight is 319 g/mol. The van der Waals surface area contributed by atoms with Crippen molar-refractivity contribution in [2.24, 2.45) is 0 Å². The molecular weight excluding hydrogens is 310 g/mol. The van der Waals surface area contributed by atoms with E-state index in [1.807, 2.05) is 0 Å². The molecule has 0 bridgehead atoms. The summed E-state index contributed by atoms with van der Waals surface area (Å²) in [5.41, 5.74) is -0.0705. The van der Waals surface area contributed by atoms with Crippen molar-refractivity contribution >= 4 is 11.2 Å². The zero-order chi connectivity index (χ0) is 15.1. The number of rotatable bonds is 3. The second-order valence-electron chi connectivity index (χ2n) is 4.54. The summed E-state index contributed by atoms with van der Waals surface area (Å²) in [7, 11) is 0. The van der Waals surface area contributed by atoms with Gasteiger partial charge in [-0.25, -0.2) is 17.9 Å². The van der Waals surface area contributed by atoms with E-state index in [2.05, 4.69) is 10.1 Å². The van der Waals surface area contributed by atoms with Crippen molar-refractivity contribution in [3.05, 3.63) is 41.2 Å². The molecule has 2 aromatic rings. The fraction of sp³-hybridized carbons (Fsp3) is 0.333. The lowest BCUT2D eigenvalue weighted by atomic mass is 10.0. The van der Waals surface area contributed by atoms with Crippen molar-refractivity contribution in [3.8, 4) is 0 Å². The molecule has 1 aromatic carbocycles. The molecule has 0 spiro atoms. The van der Waals surface area contributed by atoms with Crippen LogP contribution >= 0.6 is 0 Å². The number of fused-ring (bicyclic) bond motifs is 1. The Hall–Kier alpha value is -1.61. The fourth-order valence-corrected chi connectivity index (χ4v) is 2.81. The molecule has 4 nitrogen and oxygen atoms in total. The van der Waals surface area contributed by atoms with E-state index in [0.29, 0.717) is 0 Å². The molecule has 0 saturated heterocycles. The van der Waals surface area contributed by atoms with Crippen molar-refractivity contribution in [1.29, 1.82) is 0 Å². The second-order valence-corrected chi connectivity index (χ2v) is 5.81. The molecule has 1 aliphatic rings. The molecule has 1 aliphatic heterocycles. The molecule has 0 aliphatic carbocycles. The third-order valence-corrected chi connectivity index (χ3v) is 4.04. The molecule has 3 rings (SSSR count). The number of hydrogen-bond donors (Lipinski definition) is 0. The van der Waals surface area contributed by atoms with E-state index in [1.165, 1.54) is 0 Å². The Morgan fingerprint density at radius 1 is 1.38 bits per heavy atom. The largest absolute Gasteiger partial charge is 0.607 e. The minimum absolute atomic E-state index is 0.0705. The zero-order valence-electron chi connectivity index (χ0n) is 10.5. The van der Waals surface area contributed by atoms with Crippen molar-refractivity contribution in [2.45, 2.75) is 23.8 Å². The van der Waals surface area contributed by atoms with E-state index in [0.717, 1.165) is 22.9 Å². The Balaban J connectivity index is 2.05. The summed E-state index contributed by atoms with van der Waals surface area (Å²) in [6.07, 6.45) is -1.71. The first kappa shape index (κ1) is 14.3. The number of alkyl halides is 2. The smallest absolute Gasteiger partial charge is 0.364 e. The van der Waals surface area contributed by atoms with Crippen LogP contribution in [-0.4, -0.2) is 25.3 Å². The molecule has 0 fully saturated rings. The van der Waals surface area contributed by atoms with E-state index < -0.39 is 41.0 Å². The summed E-state index contributed by atoms with van der Waals surface area (Å²) in [4.78, 5) is 3.69. The molecule has 1 aromatic heterocycles. The predicted octanol–water partition coefficient (Wildman–Crippen LogP) is 2.59. The first-order valence-electron chi connectivity index (χ1n) is 6.01. The van der Waals surface area contributed by atoms with Crippen LogP contribution in [-0.2, 0) is 11.2 Å². The lowest BCUT2D eigenvalue weighted by Gasteiger charge is -2.12. The maximum atomic E-state index is 13.9. The van der Waals surface area contributed by atoms with E-state index >= 15 is 0 Å². The summed E-state index contributed by atoms with van der Waals surface area (Å²) >= 11 is -2.09. The zero-order valence-corrected chi connectivity index (χ0v) is 11.3. The standard InChI is InChI=1S/C12H9F4N3OS/c13-5-21(20)12-17-11-9(16)4-10(19(11)18-12)7-3-6(14)1-2-8(7)15/h1-3,9-10H,4-5H2/t9-,10-,21-/m0/s1. The number of halogens is 4. The van der Waals surface area contributed by atoms with Crippen molar-refractivity contribution in [2.75, 3.05) is 6.01 Å². The first-order valence-corrected chi connectivity index (χ1v) is 7.33. The van der Waals surface area contributed by atoms with Gasteiger partial charge in [-0.2, -0.15) is 9.37 Å². The van der Waals surface area contributed by atoms with Crippen molar-refractivity contribution < 1.29 is 22.1 Å². The fourth-order valence-electron chi connectivity index (χ4n) is 2.33. The number of benzene rings is 1. The highest BCUT2D eigenvalue weighted by molar-refractivity contribution is 7.91. The van der Waals surface area contributed by atoms with Crippen LogP contribution in [0.15, 0.2) is 23.4 Å². The molecule has 3 atom stereocenters. The Kier molecular flexibility index (Phi) is 3.62. The van der Waals surface area contributed by atoms with Gasteiger partial charge in [0.15, 0.2) is 12.0 Å². The van der Waals surface area contributed by atoms with Gasteiger partial charge in [0.25, 0.3) is 6.01 Å². The lowest BCUT2D eigenvalue weighted by Crippen LogP contribution is -2.12. The van der Waals surface area contributed by atoms with Gasteiger partial charge in [0.1, 0.15) is 11.6 Å². The molecule has 21 heavy (non-hydrogen) atoms. The van der Waals surface area contributed by atoms with Gasteiger partial charge >= 0.3 is 5.16 Å². The van der Waals surface area contributed by atoms with Crippen LogP contribution in [0.25, 0.3) is 0 Å². The van der Waals surface area contributed by atoms with E-state index in [9.17, 15) is 22.1 Å². The minimum atomic E-state index is -2.09. The second kappa shape index (κ2) is 5.30. The van der Waals surface area contributed by atoms with Gasteiger partial charge in [-0.1, -0.05) is 0 Å². The highest BCUT2D eigenvalue weighted by atomic mass is 32.2. The van der Waals surface area contributed by atoms with Crippen LogP contribution < -0.4 is 0 Å². The topological polar surface area (TPSA) is 53.8 Å². The molecule has 9 heteroatoms. The van der Waals surface area contributed by atoms with Crippen LogP contribution in [0.5, 0.6) is 0 Å². The summed E-state index contributed by atoms with van der Waals surface area (Å²) in [5.74, 6) is -1.52. The summed E-state index contributed by atoms with van der Waals surface area (Å²) in [6, 6.07) is 0.748. The average Bonchev–Trinajstić information content (AvgIpc) is 3.02. The molecule has 0 amide bonds. The lowest BCUT2D eigenvalue weighted by molar-refractivity contribution is 0.324. The number of aromatic nitrogens is 3. The van der Waals surface area contributed by atoms with Gasteiger partial charge in [0, 0.05) is 12.0 Å². The molecular formula is C12H9F4N3OS. The summed E-state index contributed by atoms with van der Waals surface area (Å²) < 4.78 is 65.7. The third-order valence-electron chi connectivity index (χ3n) is 3.26. The SMILES string of the molecule is [O-][S@@+](CF)c1nc2n(n1)[C@H](c1cc(F)ccc1F)C[C@@H]2F. The number of hydrogen-bond acceptors (Lipinski definition) is 3. The van der Waals surface area contributed by atoms with Crippen LogP contribution in [0.1, 0.15) is 30.0 Å². The Bertz CT molecular complexity index is 681. The molecule has 112 valence electrons. The van der Waals surface area contributed by atoms with Crippen molar-refractivity contribution in [1.82, 2.24) is 14.8 Å². The number of nitrogens with zero attached hydrogens (tertiary/aromatic N) is 3. The quantitative estimate of drug-likeness (QED) is 0.645.